The number of carbonyl (C=O) groups excluding carboxylic acids is 2. The third-order valence-corrected chi connectivity index (χ3v) is 7.46. The number of hydrogen-bond donors (Lipinski definition) is 0. The fourth-order valence-electron chi connectivity index (χ4n) is 3.52. The predicted octanol–water partition coefficient (Wildman–Crippen LogP) is 5.37. The monoisotopic (exact) mass is 413 g/mol. The Morgan fingerprint density at radius 1 is 1.07 bits per heavy atom. The van der Waals surface area contributed by atoms with E-state index in [1.165, 1.54) is 16.7 Å². The second-order valence-corrected chi connectivity index (χ2v) is 9.57. The zero-order chi connectivity index (χ0) is 19.9. The largest absolute Gasteiger partial charge is 0.338 e. The lowest BCUT2D eigenvalue weighted by Gasteiger charge is -2.26. The smallest absolute Gasteiger partial charge is 0.226 e. The van der Waals surface area contributed by atoms with Crippen LogP contribution in [0, 0.1) is 5.92 Å². The molecule has 0 aromatic heterocycles. The molecule has 0 bridgehead atoms. The van der Waals surface area contributed by atoms with E-state index >= 15 is 0 Å². The van der Waals surface area contributed by atoms with Gasteiger partial charge in [0, 0.05) is 40.0 Å². The van der Waals surface area contributed by atoms with Crippen LogP contribution in [-0.4, -0.2) is 39.5 Å². The lowest BCUT2D eigenvalue weighted by molar-refractivity contribution is -0.135. The van der Waals surface area contributed by atoms with Crippen LogP contribution in [0.15, 0.2) is 65.6 Å². The average molecular weight is 414 g/mol. The normalized spacial score (nSPS) is 20.1. The maximum atomic E-state index is 13.1. The fraction of sp³-hybridized carbons (Fsp3) is 0.391. The van der Waals surface area contributed by atoms with Crippen molar-refractivity contribution in [1.82, 2.24) is 4.90 Å². The van der Waals surface area contributed by atoms with Crippen molar-refractivity contribution in [3.63, 3.8) is 0 Å². The molecule has 1 saturated heterocycles. The number of rotatable bonds is 7. The highest BCUT2D eigenvalue weighted by atomic mass is 32.2. The summed E-state index contributed by atoms with van der Waals surface area (Å²) in [6.45, 7) is 4.88. The molecule has 2 aromatic rings. The van der Waals surface area contributed by atoms with Gasteiger partial charge in [-0.05, 0) is 25.0 Å². The van der Waals surface area contributed by atoms with E-state index in [-0.39, 0.29) is 16.9 Å². The molecule has 0 N–H and O–H groups in total. The summed E-state index contributed by atoms with van der Waals surface area (Å²) in [5.74, 6) is 0.541. The zero-order valence-electron chi connectivity index (χ0n) is 16.4. The first-order chi connectivity index (χ1) is 13.6. The van der Waals surface area contributed by atoms with Gasteiger partial charge in [0.1, 0.15) is 0 Å². The minimum atomic E-state index is -0.160. The minimum Gasteiger partial charge on any atom is -0.338 e. The maximum Gasteiger partial charge on any atom is 0.226 e. The van der Waals surface area contributed by atoms with Gasteiger partial charge in [0.15, 0.2) is 0 Å². The summed E-state index contributed by atoms with van der Waals surface area (Å²) in [5, 5.41) is 0.466. The highest BCUT2D eigenvalue weighted by Gasteiger charge is 2.36. The van der Waals surface area contributed by atoms with E-state index in [9.17, 15) is 9.59 Å². The topological polar surface area (TPSA) is 37.4 Å². The Balaban J connectivity index is 1.55. The highest BCUT2D eigenvalue weighted by Crippen LogP contribution is 2.34. The second kappa shape index (κ2) is 10.2. The van der Waals surface area contributed by atoms with Crippen molar-refractivity contribution in [2.24, 2.45) is 5.92 Å². The molecular formula is C23H27NO2S2. The second-order valence-electron chi connectivity index (χ2n) is 7.21. The number of amides is 1. The fourth-order valence-corrected chi connectivity index (χ4v) is 5.62. The molecule has 148 valence electrons. The molecule has 0 radical (unpaired) electrons. The summed E-state index contributed by atoms with van der Waals surface area (Å²) in [6.07, 6.45) is 2.00. The van der Waals surface area contributed by atoms with Gasteiger partial charge in [-0.25, -0.2) is 0 Å². The molecule has 1 aliphatic heterocycles. The van der Waals surface area contributed by atoms with E-state index in [4.69, 9.17) is 0 Å². The molecule has 0 spiro atoms. The van der Waals surface area contributed by atoms with Crippen LogP contribution in [0.5, 0.6) is 0 Å². The first kappa shape index (κ1) is 21.0. The Morgan fingerprint density at radius 3 is 2.36 bits per heavy atom. The summed E-state index contributed by atoms with van der Waals surface area (Å²) in [4.78, 5) is 28.7. The SMILES string of the molecule is CCC1CC(Sc2ccccc2)CN1C(=O)C(C)CSC(=O)c1ccccc1. The molecule has 2 aromatic carbocycles. The van der Waals surface area contributed by atoms with Crippen molar-refractivity contribution in [2.45, 2.75) is 42.9 Å². The average Bonchev–Trinajstić information content (AvgIpc) is 3.15. The molecule has 28 heavy (non-hydrogen) atoms. The molecule has 3 atom stereocenters. The van der Waals surface area contributed by atoms with Gasteiger partial charge in [-0.15, -0.1) is 11.8 Å². The Hall–Kier alpha value is -1.72. The van der Waals surface area contributed by atoms with Gasteiger partial charge in [-0.1, -0.05) is 74.1 Å². The van der Waals surface area contributed by atoms with E-state index < -0.39 is 0 Å². The molecule has 3 nitrogen and oxygen atoms in total. The van der Waals surface area contributed by atoms with Crippen LogP contribution in [0.3, 0.4) is 0 Å². The van der Waals surface area contributed by atoms with Gasteiger partial charge in [0.2, 0.25) is 11.0 Å². The zero-order valence-corrected chi connectivity index (χ0v) is 18.0. The summed E-state index contributed by atoms with van der Waals surface area (Å²) in [6, 6.07) is 20.0. The summed E-state index contributed by atoms with van der Waals surface area (Å²) in [7, 11) is 0. The molecule has 1 fully saturated rings. The van der Waals surface area contributed by atoms with Gasteiger partial charge >= 0.3 is 0 Å². The molecule has 1 aliphatic rings. The Labute approximate surface area is 176 Å². The third-order valence-electron chi connectivity index (χ3n) is 5.07. The number of carbonyl (C=O) groups is 2. The number of benzene rings is 2. The van der Waals surface area contributed by atoms with Crippen LogP contribution in [0.2, 0.25) is 0 Å². The van der Waals surface area contributed by atoms with Gasteiger partial charge in [0.05, 0.1) is 0 Å². The van der Waals surface area contributed by atoms with Crippen LogP contribution in [0.4, 0.5) is 0 Å². The molecule has 5 heteroatoms. The van der Waals surface area contributed by atoms with E-state index in [0.29, 0.717) is 22.6 Å². The van der Waals surface area contributed by atoms with Crippen LogP contribution in [0.1, 0.15) is 37.0 Å². The van der Waals surface area contributed by atoms with Crippen LogP contribution in [-0.2, 0) is 4.79 Å². The Kier molecular flexibility index (Phi) is 7.63. The van der Waals surface area contributed by atoms with Crippen LogP contribution < -0.4 is 0 Å². The van der Waals surface area contributed by atoms with Gasteiger partial charge in [-0.2, -0.15) is 0 Å². The van der Waals surface area contributed by atoms with Crippen LogP contribution in [0.25, 0.3) is 0 Å². The van der Waals surface area contributed by atoms with E-state index in [2.05, 4.69) is 36.1 Å². The predicted molar refractivity (Wildman–Crippen MR) is 119 cm³/mol. The van der Waals surface area contributed by atoms with Crippen molar-refractivity contribution in [2.75, 3.05) is 12.3 Å². The van der Waals surface area contributed by atoms with Crippen LogP contribution >= 0.6 is 23.5 Å². The summed E-state index contributed by atoms with van der Waals surface area (Å²) < 4.78 is 0. The van der Waals surface area contributed by atoms with Gasteiger partial charge < -0.3 is 4.90 Å². The molecule has 0 saturated carbocycles. The number of thioether (sulfide) groups is 2. The Bertz CT molecular complexity index is 782. The summed E-state index contributed by atoms with van der Waals surface area (Å²) >= 11 is 3.11. The number of hydrogen-bond acceptors (Lipinski definition) is 4. The summed E-state index contributed by atoms with van der Waals surface area (Å²) in [5.41, 5.74) is 0.694. The van der Waals surface area contributed by atoms with Crippen molar-refractivity contribution >= 4 is 34.5 Å². The van der Waals surface area contributed by atoms with E-state index in [0.717, 1.165) is 19.4 Å². The van der Waals surface area contributed by atoms with Crippen molar-refractivity contribution in [3.05, 3.63) is 66.2 Å². The van der Waals surface area contributed by atoms with E-state index in [1.54, 1.807) is 0 Å². The van der Waals surface area contributed by atoms with E-state index in [1.807, 2.05) is 55.1 Å². The van der Waals surface area contributed by atoms with Crippen molar-refractivity contribution in [1.29, 1.82) is 0 Å². The van der Waals surface area contributed by atoms with Gasteiger partial charge in [-0.3, -0.25) is 9.59 Å². The lowest BCUT2D eigenvalue weighted by Crippen LogP contribution is -2.39. The first-order valence-electron chi connectivity index (χ1n) is 9.82. The van der Waals surface area contributed by atoms with Crippen molar-refractivity contribution in [3.8, 4) is 0 Å². The highest BCUT2D eigenvalue weighted by molar-refractivity contribution is 8.14. The standard InChI is InChI=1S/C23H27NO2S2/c1-3-19-14-21(28-20-12-8-5-9-13-20)15-24(19)22(25)17(2)16-27-23(26)18-10-6-4-7-11-18/h4-13,17,19,21H,3,14-16H2,1-2H3. The molecule has 3 unspecified atom stereocenters. The van der Waals surface area contributed by atoms with Crippen molar-refractivity contribution < 1.29 is 9.59 Å². The lowest BCUT2D eigenvalue weighted by atomic mass is 10.1. The number of likely N-dealkylation sites (tertiary alicyclic amines) is 1. The molecule has 0 aliphatic carbocycles. The number of nitrogens with zero attached hydrogens (tertiary/aromatic N) is 1. The quantitative estimate of drug-likeness (QED) is 0.612. The molecule has 1 heterocycles. The first-order valence-corrected chi connectivity index (χ1v) is 11.7. The maximum absolute atomic E-state index is 13.1. The third kappa shape index (κ3) is 5.42. The molecule has 3 rings (SSSR count). The Morgan fingerprint density at radius 2 is 1.71 bits per heavy atom. The molecule has 1 amide bonds. The minimum absolute atomic E-state index is 0.0335. The molecular weight excluding hydrogens is 386 g/mol. The van der Waals surface area contributed by atoms with Gasteiger partial charge in [0.25, 0.3) is 0 Å².